The fourth-order valence-electron chi connectivity index (χ4n) is 2.21. The lowest BCUT2D eigenvalue weighted by Crippen LogP contribution is -2.01. The molecule has 0 atom stereocenters. The summed E-state index contributed by atoms with van der Waals surface area (Å²) in [4.78, 5) is 28.9. The van der Waals surface area contributed by atoms with E-state index in [1.807, 2.05) is 6.92 Å². The topological polar surface area (TPSA) is 75.0 Å². The van der Waals surface area contributed by atoms with Crippen LogP contribution in [0, 0.1) is 0 Å². The minimum absolute atomic E-state index is 0.0954. The Kier molecular flexibility index (Phi) is 3.31. The number of ketones is 1. The van der Waals surface area contributed by atoms with Gasteiger partial charge in [-0.05, 0) is 49.4 Å². The van der Waals surface area contributed by atoms with E-state index in [4.69, 9.17) is 4.74 Å². The molecule has 0 aliphatic heterocycles. The zero-order chi connectivity index (χ0) is 14.8. The fraction of sp³-hybridized carbons (Fsp3) is 0.125. The molecule has 0 aliphatic rings. The maximum absolute atomic E-state index is 12.4. The van der Waals surface area contributed by atoms with Gasteiger partial charge in [0, 0.05) is 11.1 Å². The lowest BCUT2D eigenvalue weighted by Gasteiger charge is -2.05. The smallest absolute Gasteiger partial charge is 0.323 e. The van der Waals surface area contributed by atoms with Gasteiger partial charge in [0.2, 0.25) is 0 Å². The van der Waals surface area contributed by atoms with Crippen LogP contribution >= 0.6 is 0 Å². The van der Waals surface area contributed by atoms with Crippen LogP contribution in [0.15, 0.2) is 47.3 Å². The van der Waals surface area contributed by atoms with Crippen LogP contribution in [0.2, 0.25) is 0 Å². The maximum Gasteiger partial charge on any atom is 0.323 e. The van der Waals surface area contributed by atoms with Gasteiger partial charge in [0.1, 0.15) is 5.75 Å². The zero-order valence-electron chi connectivity index (χ0n) is 11.5. The van der Waals surface area contributed by atoms with Gasteiger partial charge < -0.3 is 14.7 Å². The second-order valence-corrected chi connectivity index (χ2v) is 4.63. The number of benzene rings is 2. The molecule has 0 spiro atoms. The van der Waals surface area contributed by atoms with Crippen molar-refractivity contribution in [1.29, 1.82) is 0 Å². The van der Waals surface area contributed by atoms with Crippen LogP contribution in [0.25, 0.3) is 11.0 Å². The summed E-state index contributed by atoms with van der Waals surface area (Å²) in [7, 11) is 0. The summed E-state index contributed by atoms with van der Waals surface area (Å²) >= 11 is 0. The summed E-state index contributed by atoms with van der Waals surface area (Å²) in [5, 5.41) is 0. The molecular weight excluding hydrogens is 268 g/mol. The number of nitrogens with one attached hydrogen (secondary N) is 2. The first-order valence-electron chi connectivity index (χ1n) is 6.67. The zero-order valence-corrected chi connectivity index (χ0v) is 11.5. The number of carbonyl (C=O) groups is 1. The van der Waals surface area contributed by atoms with Crippen LogP contribution in [0.4, 0.5) is 0 Å². The maximum atomic E-state index is 12.4. The normalized spacial score (nSPS) is 10.7. The first-order chi connectivity index (χ1) is 10.2. The Morgan fingerprint density at radius 3 is 2.38 bits per heavy atom. The van der Waals surface area contributed by atoms with E-state index >= 15 is 0 Å². The van der Waals surface area contributed by atoms with Crippen molar-refractivity contribution in [1.82, 2.24) is 9.97 Å². The largest absolute Gasteiger partial charge is 0.494 e. The SMILES string of the molecule is CCOc1ccc(C(=O)c2ccc3[nH]c(=O)[nH]c3c2)cc1. The number of aromatic amines is 2. The van der Waals surface area contributed by atoms with Crippen molar-refractivity contribution in [2.24, 2.45) is 0 Å². The Hall–Kier alpha value is -2.82. The number of imidazole rings is 1. The molecule has 0 saturated heterocycles. The van der Waals surface area contributed by atoms with E-state index < -0.39 is 0 Å². The van der Waals surface area contributed by atoms with E-state index in [1.165, 1.54) is 0 Å². The summed E-state index contributed by atoms with van der Waals surface area (Å²) in [5.41, 5.74) is 2.13. The van der Waals surface area contributed by atoms with Crippen molar-refractivity contribution in [3.63, 3.8) is 0 Å². The van der Waals surface area contributed by atoms with E-state index in [0.29, 0.717) is 28.8 Å². The van der Waals surface area contributed by atoms with E-state index in [0.717, 1.165) is 5.75 Å². The van der Waals surface area contributed by atoms with Gasteiger partial charge in [0.25, 0.3) is 0 Å². The van der Waals surface area contributed by atoms with E-state index in [2.05, 4.69) is 9.97 Å². The molecule has 5 nitrogen and oxygen atoms in total. The molecule has 3 aromatic rings. The highest BCUT2D eigenvalue weighted by atomic mass is 16.5. The van der Waals surface area contributed by atoms with Gasteiger partial charge in [-0.15, -0.1) is 0 Å². The van der Waals surface area contributed by atoms with Crippen molar-refractivity contribution in [3.8, 4) is 5.75 Å². The molecule has 1 heterocycles. The molecule has 3 rings (SSSR count). The summed E-state index contributed by atoms with van der Waals surface area (Å²) < 4.78 is 5.35. The van der Waals surface area contributed by atoms with Gasteiger partial charge in [-0.1, -0.05) is 0 Å². The van der Waals surface area contributed by atoms with Crippen molar-refractivity contribution >= 4 is 16.8 Å². The average molecular weight is 282 g/mol. The molecule has 0 aliphatic carbocycles. The lowest BCUT2D eigenvalue weighted by molar-refractivity contribution is 0.103. The molecular formula is C16H14N2O3. The number of hydrogen-bond donors (Lipinski definition) is 2. The van der Waals surface area contributed by atoms with Crippen LogP contribution in [0.3, 0.4) is 0 Å². The quantitative estimate of drug-likeness (QED) is 0.722. The highest BCUT2D eigenvalue weighted by Gasteiger charge is 2.10. The molecule has 0 radical (unpaired) electrons. The Morgan fingerprint density at radius 2 is 1.67 bits per heavy atom. The van der Waals surface area contributed by atoms with Crippen molar-refractivity contribution < 1.29 is 9.53 Å². The minimum Gasteiger partial charge on any atom is -0.494 e. The molecule has 0 fully saturated rings. The molecule has 5 heteroatoms. The highest BCUT2D eigenvalue weighted by molar-refractivity contribution is 6.10. The molecule has 2 aromatic carbocycles. The Bertz CT molecular complexity index is 844. The molecule has 2 N–H and O–H groups in total. The third kappa shape index (κ3) is 2.58. The van der Waals surface area contributed by atoms with Crippen LogP contribution in [-0.2, 0) is 0 Å². The van der Waals surface area contributed by atoms with E-state index in [9.17, 15) is 9.59 Å². The van der Waals surface area contributed by atoms with Crippen molar-refractivity contribution in [3.05, 3.63) is 64.1 Å². The summed E-state index contributed by atoms with van der Waals surface area (Å²) in [5.74, 6) is 0.640. The fourth-order valence-corrected chi connectivity index (χ4v) is 2.21. The number of rotatable bonds is 4. The van der Waals surface area contributed by atoms with Gasteiger partial charge in [-0.3, -0.25) is 4.79 Å². The highest BCUT2D eigenvalue weighted by Crippen LogP contribution is 2.17. The molecule has 21 heavy (non-hydrogen) atoms. The number of carbonyl (C=O) groups excluding carboxylic acids is 1. The van der Waals surface area contributed by atoms with Crippen LogP contribution in [0.1, 0.15) is 22.8 Å². The van der Waals surface area contributed by atoms with Gasteiger partial charge >= 0.3 is 5.69 Å². The number of hydrogen-bond acceptors (Lipinski definition) is 3. The second kappa shape index (κ2) is 5.28. The standard InChI is InChI=1S/C16H14N2O3/c1-2-21-12-6-3-10(4-7-12)15(19)11-5-8-13-14(9-11)18-16(20)17-13/h3-9H,2H2,1H3,(H2,17,18,20). The van der Waals surface area contributed by atoms with Gasteiger partial charge in [-0.25, -0.2) is 4.79 Å². The monoisotopic (exact) mass is 282 g/mol. The van der Waals surface area contributed by atoms with E-state index in [-0.39, 0.29) is 11.5 Å². The number of aromatic nitrogens is 2. The average Bonchev–Trinajstić information content (AvgIpc) is 2.86. The Balaban J connectivity index is 1.93. The van der Waals surface area contributed by atoms with Gasteiger partial charge in [0.05, 0.1) is 17.6 Å². The predicted molar refractivity (Wildman–Crippen MR) is 80.0 cm³/mol. The Morgan fingerprint density at radius 1 is 1.00 bits per heavy atom. The third-order valence-corrected chi connectivity index (χ3v) is 3.21. The van der Waals surface area contributed by atoms with Crippen molar-refractivity contribution in [2.45, 2.75) is 6.92 Å². The first-order valence-corrected chi connectivity index (χ1v) is 6.67. The summed E-state index contributed by atoms with van der Waals surface area (Å²) in [6.07, 6.45) is 0. The molecule has 1 aromatic heterocycles. The summed E-state index contributed by atoms with van der Waals surface area (Å²) in [6.45, 7) is 2.50. The lowest BCUT2D eigenvalue weighted by atomic mass is 10.0. The molecule has 0 amide bonds. The molecule has 106 valence electrons. The summed E-state index contributed by atoms with van der Waals surface area (Å²) in [6, 6.07) is 12.1. The minimum atomic E-state index is -0.282. The van der Waals surface area contributed by atoms with Crippen LogP contribution < -0.4 is 10.4 Å². The third-order valence-electron chi connectivity index (χ3n) is 3.21. The molecule has 0 bridgehead atoms. The van der Waals surface area contributed by atoms with E-state index in [1.54, 1.807) is 42.5 Å². The number of fused-ring (bicyclic) bond motifs is 1. The Labute approximate surface area is 120 Å². The van der Waals surface area contributed by atoms with Crippen LogP contribution in [-0.4, -0.2) is 22.4 Å². The van der Waals surface area contributed by atoms with Crippen molar-refractivity contribution in [2.75, 3.05) is 6.61 Å². The number of H-pyrrole nitrogens is 2. The van der Waals surface area contributed by atoms with Crippen LogP contribution in [0.5, 0.6) is 5.75 Å². The second-order valence-electron chi connectivity index (χ2n) is 4.63. The first kappa shape index (κ1) is 13.2. The van der Waals surface area contributed by atoms with Gasteiger partial charge in [-0.2, -0.15) is 0 Å². The number of ether oxygens (including phenoxy) is 1. The van der Waals surface area contributed by atoms with Gasteiger partial charge in [0.15, 0.2) is 5.78 Å². The molecule has 0 saturated carbocycles. The molecule has 0 unspecified atom stereocenters. The predicted octanol–water partition coefficient (Wildman–Crippen LogP) is 2.49.